The lowest BCUT2D eigenvalue weighted by Gasteiger charge is -2.05. The van der Waals surface area contributed by atoms with Gasteiger partial charge in [0.15, 0.2) is 5.16 Å². The smallest absolute Gasteiger partial charge is 0.343 e. The largest absolute Gasteiger partial charge is 0.383 e. The molecule has 8 heteroatoms. The molecule has 0 aliphatic rings. The van der Waals surface area contributed by atoms with Gasteiger partial charge in [0.25, 0.3) is 0 Å². The Bertz CT molecular complexity index is 609. The number of nitrogens with one attached hydrogen (secondary N) is 1. The van der Waals surface area contributed by atoms with E-state index in [1.165, 1.54) is 11.8 Å². The number of hydrogen-bond donors (Lipinski definition) is 2. The molecule has 96 valence electrons. The van der Waals surface area contributed by atoms with Gasteiger partial charge in [-0.15, -0.1) is 5.10 Å². The Kier molecular flexibility index (Phi) is 4.07. The maximum atomic E-state index is 11.4. The van der Waals surface area contributed by atoms with Crippen LogP contribution in [0.2, 0.25) is 0 Å². The molecule has 0 aliphatic heterocycles. The highest BCUT2D eigenvalue weighted by Crippen LogP contribution is 2.23. The Morgan fingerprint density at radius 3 is 3.00 bits per heavy atom. The van der Waals surface area contributed by atoms with E-state index in [-0.39, 0.29) is 5.69 Å². The monoisotopic (exact) mass is 329 g/mol. The van der Waals surface area contributed by atoms with Gasteiger partial charge in [-0.05, 0) is 28.9 Å². The van der Waals surface area contributed by atoms with E-state index in [4.69, 9.17) is 5.73 Å². The lowest BCUT2D eigenvalue weighted by molar-refractivity contribution is 0.660. The fourth-order valence-electron chi connectivity index (χ4n) is 1.44. The summed E-state index contributed by atoms with van der Waals surface area (Å²) in [5, 5.41) is 7.05. The number of rotatable bonds is 4. The number of aromatic amines is 1. The lowest BCUT2D eigenvalue weighted by Crippen LogP contribution is -2.16. The van der Waals surface area contributed by atoms with Crippen molar-refractivity contribution in [3.05, 3.63) is 32.8 Å². The number of nitrogens with two attached hydrogens (primary N) is 1. The molecular formula is C10H12BrN5OS. The van der Waals surface area contributed by atoms with E-state index < -0.39 is 0 Å². The van der Waals surface area contributed by atoms with Crippen LogP contribution in [0, 0.1) is 0 Å². The summed E-state index contributed by atoms with van der Waals surface area (Å²) in [7, 11) is 0. The third-order valence-corrected chi connectivity index (χ3v) is 3.84. The van der Waals surface area contributed by atoms with Crippen molar-refractivity contribution >= 4 is 33.5 Å². The molecule has 2 rings (SSSR count). The van der Waals surface area contributed by atoms with Gasteiger partial charge in [-0.3, -0.25) is 4.57 Å². The van der Waals surface area contributed by atoms with Gasteiger partial charge in [0.1, 0.15) is 10.4 Å². The van der Waals surface area contributed by atoms with Crippen LogP contribution in [0.15, 0.2) is 26.7 Å². The molecule has 3 N–H and O–H groups in total. The predicted molar refractivity (Wildman–Crippen MR) is 74.4 cm³/mol. The molecule has 18 heavy (non-hydrogen) atoms. The molecule has 2 aromatic rings. The molecule has 0 atom stereocenters. The van der Waals surface area contributed by atoms with Crippen molar-refractivity contribution in [3.8, 4) is 0 Å². The van der Waals surface area contributed by atoms with Crippen LogP contribution < -0.4 is 11.4 Å². The number of nitrogens with zero attached hydrogens (tertiary/aromatic N) is 3. The number of aromatic nitrogens is 4. The normalized spacial score (nSPS) is 10.8. The molecule has 0 aromatic carbocycles. The third kappa shape index (κ3) is 2.75. The predicted octanol–water partition coefficient (Wildman–Crippen LogP) is 1.62. The van der Waals surface area contributed by atoms with E-state index >= 15 is 0 Å². The fraction of sp³-hybridized carbons (Fsp3) is 0.300. The van der Waals surface area contributed by atoms with Crippen molar-refractivity contribution < 1.29 is 0 Å². The molecule has 6 nitrogen and oxygen atoms in total. The second kappa shape index (κ2) is 5.57. The van der Waals surface area contributed by atoms with Crippen LogP contribution in [0.1, 0.15) is 12.5 Å². The van der Waals surface area contributed by atoms with Gasteiger partial charge in [0.2, 0.25) is 0 Å². The fourth-order valence-corrected chi connectivity index (χ4v) is 2.77. The van der Waals surface area contributed by atoms with E-state index in [0.717, 1.165) is 5.56 Å². The molecule has 0 radical (unpaired) electrons. The minimum atomic E-state index is -0.193. The molecule has 0 fully saturated rings. The second-order valence-electron chi connectivity index (χ2n) is 3.52. The van der Waals surface area contributed by atoms with Gasteiger partial charge in [0.05, 0.1) is 0 Å². The summed E-state index contributed by atoms with van der Waals surface area (Å²) in [6, 6.07) is 3.74. The lowest BCUT2D eigenvalue weighted by atomic mass is 10.3. The van der Waals surface area contributed by atoms with Crippen LogP contribution in [0.25, 0.3) is 0 Å². The second-order valence-corrected chi connectivity index (χ2v) is 5.28. The Morgan fingerprint density at radius 1 is 1.56 bits per heavy atom. The SMILES string of the molecule is CCn1c(SCc2ccc(Br)nc2N)n[nH]c1=O. The highest BCUT2D eigenvalue weighted by Gasteiger charge is 2.09. The molecule has 0 saturated carbocycles. The minimum Gasteiger partial charge on any atom is -0.383 e. The minimum absolute atomic E-state index is 0.193. The Balaban J connectivity index is 2.14. The molecule has 0 amide bonds. The zero-order chi connectivity index (χ0) is 13.1. The molecule has 0 spiro atoms. The number of pyridine rings is 1. The van der Waals surface area contributed by atoms with Crippen molar-refractivity contribution in [2.75, 3.05) is 5.73 Å². The molecule has 2 aromatic heterocycles. The van der Waals surface area contributed by atoms with Crippen molar-refractivity contribution in [1.29, 1.82) is 0 Å². The summed E-state index contributed by atoms with van der Waals surface area (Å²) in [5.74, 6) is 1.11. The summed E-state index contributed by atoms with van der Waals surface area (Å²) in [6.45, 7) is 2.49. The first kappa shape index (κ1) is 13.2. The van der Waals surface area contributed by atoms with Crippen molar-refractivity contribution in [2.45, 2.75) is 24.4 Å². The summed E-state index contributed by atoms with van der Waals surface area (Å²) in [6.07, 6.45) is 0. The maximum absolute atomic E-state index is 11.4. The van der Waals surface area contributed by atoms with Crippen molar-refractivity contribution in [2.24, 2.45) is 0 Å². The first-order chi connectivity index (χ1) is 8.61. The highest BCUT2D eigenvalue weighted by molar-refractivity contribution is 9.10. The Morgan fingerprint density at radius 2 is 2.33 bits per heavy atom. The zero-order valence-electron chi connectivity index (χ0n) is 9.68. The molecule has 0 aliphatic carbocycles. The number of H-pyrrole nitrogens is 1. The molecule has 0 unspecified atom stereocenters. The number of nitrogen functional groups attached to an aromatic ring is 1. The number of thioether (sulfide) groups is 1. The van der Waals surface area contributed by atoms with Gasteiger partial charge in [-0.1, -0.05) is 17.8 Å². The molecule has 2 heterocycles. The zero-order valence-corrected chi connectivity index (χ0v) is 12.1. The quantitative estimate of drug-likeness (QED) is 0.657. The van der Waals surface area contributed by atoms with Crippen LogP contribution in [-0.2, 0) is 12.3 Å². The van der Waals surface area contributed by atoms with Crippen LogP contribution in [0.5, 0.6) is 0 Å². The van der Waals surface area contributed by atoms with Gasteiger partial charge < -0.3 is 5.73 Å². The number of anilines is 1. The van der Waals surface area contributed by atoms with Crippen molar-refractivity contribution in [1.82, 2.24) is 19.7 Å². The molecule has 0 bridgehead atoms. The van der Waals surface area contributed by atoms with Gasteiger partial charge in [-0.2, -0.15) is 0 Å². The van der Waals surface area contributed by atoms with E-state index in [2.05, 4.69) is 31.1 Å². The van der Waals surface area contributed by atoms with E-state index in [1.54, 1.807) is 4.57 Å². The average Bonchev–Trinajstić information content (AvgIpc) is 2.69. The van der Waals surface area contributed by atoms with Crippen molar-refractivity contribution in [3.63, 3.8) is 0 Å². The van der Waals surface area contributed by atoms with Crippen LogP contribution in [0.3, 0.4) is 0 Å². The first-order valence-corrected chi connectivity index (χ1v) is 7.08. The van der Waals surface area contributed by atoms with Crippen LogP contribution >= 0.6 is 27.7 Å². The van der Waals surface area contributed by atoms with Crippen LogP contribution in [0.4, 0.5) is 5.82 Å². The first-order valence-electron chi connectivity index (χ1n) is 5.30. The van der Waals surface area contributed by atoms with Crippen LogP contribution in [-0.4, -0.2) is 19.7 Å². The van der Waals surface area contributed by atoms with Gasteiger partial charge in [-0.25, -0.2) is 14.9 Å². The van der Waals surface area contributed by atoms with E-state index in [1.807, 2.05) is 19.1 Å². The molecule has 0 saturated heterocycles. The highest BCUT2D eigenvalue weighted by atomic mass is 79.9. The summed E-state index contributed by atoms with van der Waals surface area (Å²) >= 11 is 4.71. The summed E-state index contributed by atoms with van der Waals surface area (Å²) < 4.78 is 2.28. The Hall–Kier alpha value is -1.28. The maximum Gasteiger partial charge on any atom is 0.343 e. The molecular weight excluding hydrogens is 318 g/mol. The third-order valence-electron chi connectivity index (χ3n) is 2.37. The standard InChI is InChI=1S/C10H12BrN5OS/c1-2-16-9(17)14-15-10(16)18-5-6-3-4-7(11)13-8(6)12/h3-4H,2,5H2,1H3,(H2,12,13)(H,14,17). The summed E-state index contributed by atoms with van der Waals surface area (Å²) in [4.78, 5) is 15.5. The van der Waals surface area contributed by atoms with E-state index in [0.29, 0.717) is 27.9 Å². The van der Waals surface area contributed by atoms with Gasteiger partial charge in [0, 0.05) is 17.9 Å². The Labute approximate surface area is 116 Å². The van der Waals surface area contributed by atoms with E-state index in [9.17, 15) is 4.79 Å². The number of halogens is 1. The number of hydrogen-bond acceptors (Lipinski definition) is 5. The average molecular weight is 330 g/mol. The topological polar surface area (TPSA) is 89.6 Å². The van der Waals surface area contributed by atoms with Gasteiger partial charge >= 0.3 is 5.69 Å². The summed E-state index contributed by atoms with van der Waals surface area (Å²) in [5.41, 5.74) is 6.54.